The molecule has 0 radical (unpaired) electrons. The van der Waals surface area contributed by atoms with Gasteiger partial charge in [0.15, 0.2) is 16.1 Å². The van der Waals surface area contributed by atoms with Crippen LogP contribution in [0.5, 0.6) is 5.75 Å². The Kier molecular flexibility index (Phi) is 4.48. The standard InChI is InChI=1S/C11H16Cl2N4O/c1-3-18-8-9(12)14-11(15-10(8)13)17-6-4-16(2)5-7-17/h3-7H2,1-2H3. The van der Waals surface area contributed by atoms with Crippen LogP contribution in [-0.2, 0) is 0 Å². The molecule has 1 saturated heterocycles. The Morgan fingerprint density at radius 2 is 1.67 bits per heavy atom. The molecule has 1 fully saturated rings. The monoisotopic (exact) mass is 290 g/mol. The number of anilines is 1. The van der Waals surface area contributed by atoms with Gasteiger partial charge in [-0.05, 0) is 14.0 Å². The quantitative estimate of drug-likeness (QED) is 0.796. The zero-order valence-corrected chi connectivity index (χ0v) is 12.0. The largest absolute Gasteiger partial charge is 0.488 e. The first-order valence-corrected chi connectivity index (χ1v) is 6.66. The summed E-state index contributed by atoms with van der Waals surface area (Å²) in [7, 11) is 2.09. The summed E-state index contributed by atoms with van der Waals surface area (Å²) >= 11 is 12.1. The van der Waals surface area contributed by atoms with Crippen molar-refractivity contribution >= 4 is 29.2 Å². The molecular weight excluding hydrogens is 275 g/mol. The highest BCUT2D eigenvalue weighted by atomic mass is 35.5. The second-order valence-electron chi connectivity index (χ2n) is 4.16. The predicted molar refractivity (Wildman–Crippen MR) is 72.9 cm³/mol. The Bertz CT molecular complexity index is 398. The molecule has 2 heterocycles. The maximum atomic E-state index is 6.06. The maximum Gasteiger partial charge on any atom is 0.228 e. The summed E-state index contributed by atoms with van der Waals surface area (Å²) in [4.78, 5) is 12.8. The van der Waals surface area contributed by atoms with Gasteiger partial charge in [0.25, 0.3) is 0 Å². The van der Waals surface area contributed by atoms with Gasteiger partial charge in [-0.2, -0.15) is 9.97 Å². The molecule has 1 aromatic heterocycles. The van der Waals surface area contributed by atoms with E-state index in [-0.39, 0.29) is 10.3 Å². The molecule has 0 unspecified atom stereocenters. The molecule has 0 spiro atoms. The van der Waals surface area contributed by atoms with Gasteiger partial charge in [0.1, 0.15) is 0 Å². The first-order chi connectivity index (χ1) is 8.61. The fourth-order valence-corrected chi connectivity index (χ4v) is 2.29. The predicted octanol–water partition coefficient (Wildman–Crippen LogP) is 1.93. The van der Waals surface area contributed by atoms with E-state index in [9.17, 15) is 0 Å². The van der Waals surface area contributed by atoms with Gasteiger partial charge in [-0.15, -0.1) is 0 Å². The van der Waals surface area contributed by atoms with Crippen LogP contribution in [0.3, 0.4) is 0 Å². The molecule has 0 atom stereocenters. The van der Waals surface area contributed by atoms with Crippen molar-refractivity contribution < 1.29 is 4.74 Å². The van der Waals surface area contributed by atoms with Crippen molar-refractivity contribution in [3.63, 3.8) is 0 Å². The van der Waals surface area contributed by atoms with Crippen molar-refractivity contribution in [1.82, 2.24) is 14.9 Å². The lowest BCUT2D eigenvalue weighted by molar-refractivity contribution is 0.310. The Morgan fingerprint density at radius 3 is 2.17 bits per heavy atom. The molecule has 7 heteroatoms. The molecule has 0 bridgehead atoms. The van der Waals surface area contributed by atoms with Crippen molar-refractivity contribution in [3.05, 3.63) is 10.3 Å². The highest BCUT2D eigenvalue weighted by Gasteiger charge is 2.20. The summed E-state index contributed by atoms with van der Waals surface area (Å²) in [6.45, 7) is 6.05. The van der Waals surface area contributed by atoms with Crippen molar-refractivity contribution in [2.75, 3.05) is 44.7 Å². The Labute approximate surface area is 117 Å². The number of hydrogen-bond donors (Lipinski definition) is 0. The van der Waals surface area contributed by atoms with Crippen molar-refractivity contribution in [2.45, 2.75) is 6.92 Å². The Morgan fingerprint density at radius 1 is 1.11 bits per heavy atom. The van der Waals surface area contributed by atoms with E-state index in [1.165, 1.54) is 0 Å². The number of halogens is 2. The summed E-state index contributed by atoms with van der Waals surface area (Å²) in [6.07, 6.45) is 0. The average molecular weight is 291 g/mol. The fourth-order valence-electron chi connectivity index (χ4n) is 1.80. The number of aromatic nitrogens is 2. The lowest BCUT2D eigenvalue weighted by Crippen LogP contribution is -2.45. The normalized spacial score (nSPS) is 17.0. The maximum absolute atomic E-state index is 6.06. The highest BCUT2D eigenvalue weighted by Crippen LogP contribution is 2.31. The molecule has 0 N–H and O–H groups in total. The zero-order valence-electron chi connectivity index (χ0n) is 10.5. The van der Waals surface area contributed by atoms with Crippen LogP contribution in [-0.4, -0.2) is 54.7 Å². The van der Waals surface area contributed by atoms with Crippen LogP contribution in [0, 0.1) is 0 Å². The molecule has 0 aromatic carbocycles. The number of ether oxygens (including phenoxy) is 1. The van der Waals surface area contributed by atoms with Crippen LogP contribution in [0.1, 0.15) is 6.92 Å². The summed E-state index contributed by atoms with van der Waals surface area (Å²) in [5.74, 6) is 0.931. The molecule has 1 aromatic rings. The lowest BCUT2D eigenvalue weighted by Gasteiger charge is -2.32. The van der Waals surface area contributed by atoms with Crippen LogP contribution in [0.15, 0.2) is 0 Å². The lowest BCUT2D eigenvalue weighted by atomic mass is 10.3. The second kappa shape index (κ2) is 5.91. The van der Waals surface area contributed by atoms with E-state index < -0.39 is 0 Å². The van der Waals surface area contributed by atoms with Gasteiger partial charge in [0.2, 0.25) is 5.95 Å². The topological polar surface area (TPSA) is 41.5 Å². The molecular formula is C11H16Cl2N4O. The van der Waals surface area contributed by atoms with Gasteiger partial charge >= 0.3 is 0 Å². The molecule has 0 aliphatic carbocycles. The number of nitrogens with zero attached hydrogens (tertiary/aromatic N) is 4. The molecule has 0 saturated carbocycles. The first-order valence-electron chi connectivity index (χ1n) is 5.91. The van der Waals surface area contributed by atoms with E-state index in [0.717, 1.165) is 26.2 Å². The number of hydrogen-bond acceptors (Lipinski definition) is 5. The Balaban J connectivity index is 2.19. The number of rotatable bonds is 3. The van der Waals surface area contributed by atoms with Gasteiger partial charge < -0.3 is 14.5 Å². The van der Waals surface area contributed by atoms with E-state index in [1.807, 2.05) is 6.92 Å². The summed E-state index contributed by atoms with van der Waals surface area (Å²) in [5.41, 5.74) is 0. The zero-order chi connectivity index (χ0) is 13.1. The van der Waals surface area contributed by atoms with Crippen LogP contribution in [0.2, 0.25) is 10.3 Å². The molecule has 18 heavy (non-hydrogen) atoms. The summed E-state index contributed by atoms with van der Waals surface area (Å²) < 4.78 is 5.31. The third-order valence-corrected chi connectivity index (χ3v) is 3.36. The molecule has 2 rings (SSSR count). The second-order valence-corrected chi connectivity index (χ2v) is 4.87. The van der Waals surface area contributed by atoms with Crippen molar-refractivity contribution in [3.8, 4) is 5.75 Å². The Hall–Kier alpha value is -0.780. The van der Waals surface area contributed by atoms with Crippen LogP contribution < -0.4 is 9.64 Å². The van der Waals surface area contributed by atoms with E-state index in [4.69, 9.17) is 27.9 Å². The van der Waals surface area contributed by atoms with Crippen LogP contribution in [0.4, 0.5) is 5.95 Å². The molecule has 0 amide bonds. The SMILES string of the molecule is CCOc1c(Cl)nc(N2CCN(C)CC2)nc1Cl. The van der Waals surface area contributed by atoms with Gasteiger partial charge in [0.05, 0.1) is 6.61 Å². The first kappa shape index (κ1) is 13.6. The molecule has 1 aliphatic rings. The van der Waals surface area contributed by atoms with Crippen LogP contribution in [0.25, 0.3) is 0 Å². The average Bonchev–Trinajstić information content (AvgIpc) is 2.34. The fraction of sp³-hybridized carbons (Fsp3) is 0.636. The van der Waals surface area contributed by atoms with Gasteiger partial charge in [-0.25, -0.2) is 0 Å². The number of piperazine rings is 1. The molecule has 5 nitrogen and oxygen atoms in total. The summed E-state index contributed by atoms with van der Waals surface area (Å²) in [6, 6.07) is 0. The third-order valence-electron chi connectivity index (χ3n) is 2.85. The van der Waals surface area contributed by atoms with Crippen molar-refractivity contribution in [1.29, 1.82) is 0 Å². The smallest absolute Gasteiger partial charge is 0.228 e. The van der Waals surface area contributed by atoms with Crippen LogP contribution >= 0.6 is 23.2 Å². The van der Waals surface area contributed by atoms with Gasteiger partial charge in [-0.1, -0.05) is 23.2 Å². The van der Waals surface area contributed by atoms with E-state index >= 15 is 0 Å². The van der Waals surface area contributed by atoms with E-state index in [0.29, 0.717) is 18.3 Å². The molecule has 1 aliphatic heterocycles. The summed E-state index contributed by atoms with van der Waals surface area (Å²) in [5, 5.41) is 0.538. The molecule has 100 valence electrons. The number of likely N-dealkylation sites (N-methyl/N-ethyl adjacent to an activating group) is 1. The van der Waals surface area contributed by atoms with E-state index in [1.54, 1.807) is 0 Å². The van der Waals surface area contributed by atoms with Crippen molar-refractivity contribution in [2.24, 2.45) is 0 Å². The minimum absolute atomic E-state index is 0.269. The third kappa shape index (κ3) is 2.96. The van der Waals surface area contributed by atoms with Gasteiger partial charge in [-0.3, -0.25) is 0 Å². The van der Waals surface area contributed by atoms with Gasteiger partial charge in [0, 0.05) is 26.2 Å². The minimum atomic E-state index is 0.269. The minimum Gasteiger partial charge on any atom is -0.488 e. The van der Waals surface area contributed by atoms with E-state index in [2.05, 4.69) is 26.8 Å². The highest BCUT2D eigenvalue weighted by molar-refractivity contribution is 6.35.